The summed E-state index contributed by atoms with van der Waals surface area (Å²) in [6.07, 6.45) is 0. The number of para-hydroxylation sites is 1. The van der Waals surface area contributed by atoms with Crippen LogP contribution in [0.25, 0.3) is 5.69 Å². The number of nitriles is 1. The molecule has 6 nitrogen and oxygen atoms in total. The fourth-order valence-electron chi connectivity index (χ4n) is 3.95. The number of amides is 1. The molecule has 1 aromatic heterocycles. The second kappa shape index (κ2) is 7.80. The van der Waals surface area contributed by atoms with Crippen LogP contribution in [0.3, 0.4) is 0 Å². The molecule has 0 N–H and O–H groups in total. The minimum absolute atomic E-state index is 0.0184. The summed E-state index contributed by atoms with van der Waals surface area (Å²) in [6.45, 7) is 6.92. The van der Waals surface area contributed by atoms with Crippen molar-refractivity contribution >= 4 is 11.6 Å². The monoisotopic (exact) mass is 385 g/mol. The summed E-state index contributed by atoms with van der Waals surface area (Å²) < 4.78 is 1.98. The van der Waals surface area contributed by atoms with Crippen molar-refractivity contribution in [3.8, 4) is 11.8 Å². The van der Waals surface area contributed by atoms with Gasteiger partial charge in [-0.3, -0.25) is 4.79 Å². The minimum atomic E-state index is -0.0184. The Balaban J connectivity index is 1.50. The van der Waals surface area contributed by atoms with Crippen molar-refractivity contribution < 1.29 is 4.79 Å². The zero-order chi connectivity index (χ0) is 20.4. The third kappa shape index (κ3) is 3.59. The van der Waals surface area contributed by atoms with Gasteiger partial charge in [0.05, 0.1) is 34.4 Å². The molecule has 6 heteroatoms. The topological polar surface area (TPSA) is 65.2 Å². The lowest BCUT2D eigenvalue weighted by Gasteiger charge is -2.36. The van der Waals surface area contributed by atoms with Crippen LogP contribution in [0.15, 0.2) is 54.6 Å². The second-order valence-electron chi connectivity index (χ2n) is 7.24. The molecule has 2 aromatic carbocycles. The zero-order valence-electron chi connectivity index (χ0n) is 16.7. The smallest absolute Gasteiger partial charge is 0.254 e. The highest BCUT2D eigenvalue weighted by Crippen LogP contribution is 2.28. The number of hydrogen-bond donors (Lipinski definition) is 0. The van der Waals surface area contributed by atoms with Gasteiger partial charge in [-0.05, 0) is 44.2 Å². The first-order chi connectivity index (χ1) is 14.1. The van der Waals surface area contributed by atoms with Crippen LogP contribution in [0.1, 0.15) is 27.3 Å². The summed E-state index contributed by atoms with van der Waals surface area (Å²) in [7, 11) is 0. The number of rotatable bonds is 3. The number of aromatic nitrogens is 2. The van der Waals surface area contributed by atoms with Crippen molar-refractivity contribution in [2.45, 2.75) is 13.8 Å². The second-order valence-corrected chi connectivity index (χ2v) is 7.24. The number of hydrogen-bond acceptors (Lipinski definition) is 4. The van der Waals surface area contributed by atoms with Crippen molar-refractivity contribution in [1.82, 2.24) is 14.7 Å². The van der Waals surface area contributed by atoms with E-state index in [9.17, 15) is 4.79 Å². The average molecular weight is 385 g/mol. The Kier molecular flexibility index (Phi) is 5.05. The zero-order valence-corrected chi connectivity index (χ0v) is 16.7. The average Bonchev–Trinajstić information content (AvgIpc) is 3.08. The van der Waals surface area contributed by atoms with Gasteiger partial charge in [0.25, 0.3) is 5.91 Å². The number of carbonyl (C=O) groups is 1. The fourth-order valence-corrected chi connectivity index (χ4v) is 3.95. The first-order valence-electron chi connectivity index (χ1n) is 9.74. The highest BCUT2D eigenvalue weighted by molar-refractivity contribution is 5.94. The van der Waals surface area contributed by atoms with E-state index < -0.39 is 0 Å². The molecule has 29 heavy (non-hydrogen) atoms. The first kappa shape index (κ1) is 18.8. The van der Waals surface area contributed by atoms with Crippen molar-refractivity contribution in [2.75, 3.05) is 31.1 Å². The van der Waals surface area contributed by atoms with Crippen LogP contribution >= 0.6 is 0 Å². The molecule has 0 unspecified atom stereocenters. The van der Waals surface area contributed by atoms with Crippen molar-refractivity contribution in [3.63, 3.8) is 0 Å². The van der Waals surface area contributed by atoms with Crippen LogP contribution in [0, 0.1) is 25.2 Å². The van der Waals surface area contributed by atoms with Gasteiger partial charge in [-0.1, -0.05) is 24.3 Å². The van der Waals surface area contributed by atoms with E-state index in [1.165, 1.54) is 0 Å². The SMILES string of the molecule is Cc1nn(-c2ccccc2)c(C)c1N1CCN(C(=O)c2cccc(C#N)c2)CC1. The summed E-state index contributed by atoms with van der Waals surface area (Å²) in [4.78, 5) is 17.0. The Morgan fingerprint density at radius 2 is 1.72 bits per heavy atom. The van der Waals surface area contributed by atoms with E-state index in [-0.39, 0.29) is 5.91 Å². The third-order valence-corrected chi connectivity index (χ3v) is 5.38. The number of benzene rings is 2. The highest BCUT2D eigenvalue weighted by Gasteiger charge is 2.26. The molecule has 0 aliphatic carbocycles. The molecule has 0 saturated carbocycles. The Morgan fingerprint density at radius 3 is 2.41 bits per heavy atom. The first-order valence-corrected chi connectivity index (χ1v) is 9.74. The molecule has 1 amide bonds. The third-order valence-electron chi connectivity index (χ3n) is 5.38. The summed E-state index contributed by atoms with van der Waals surface area (Å²) in [5, 5.41) is 13.8. The van der Waals surface area contributed by atoms with Gasteiger partial charge in [-0.2, -0.15) is 10.4 Å². The lowest BCUT2D eigenvalue weighted by molar-refractivity contribution is 0.0746. The van der Waals surface area contributed by atoms with Crippen LogP contribution < -0.4 is 4.90 Å². The Labute approximate surface area is 170 Å². The Hall–Kier alpha value is -3.59. The molecule has 2 heterocycles. The van der Waals surface area contributed by atoms with E-state index in [0.717, 1.165) is 35.9 Å². The number of nitrogens with zero attached hydrogens (tertiary/aromatic N) is 5. The van der Waals surface area contributed by atoms with Crippen LogP contribution in [-0.4, -0.2) is 46.8 Å². The van der Waals surface area contributed by atoms with E-state index >= 15 is 0 Å². The Bertz CT molecular complexity index is 1070. The van der Waals surface area contributed by atoms with Gasteiger partial charge in [-0.15, -0.1) is 0 Å². The largest absolute Gasteiger partial charge is 0.365 e. The van der Waals surface area contributed by atoms with Gasteiger partial charge in [0.15, 0.2) is 0 Å². The van der Waals surface area contributed by atoms with E-state index in [2.05, 4.69) is 30.0 Å². The van der Waals surface area contributed by atoms with E-state index in [4.69, 9.17) is 10.4 Å². The van der Waals surface area contributed by atoms with Crippen LogP contribution in [0.2, 0.25) is 0 Å². The molecule has 146 valence electrons. The summed E-state index contributed by atoms with van der Waals surface area (Å²) in [5.74, 6) is -0.0184. The minimum Gasteiger partial charge on any atom is -0.365 e. The van der Waals surface area contributed by atoms with E-state index in [0.29, 0.717) is 24.2 Å². The van der Waals surface area contributed by atoms with E-state index in [1.54, 1.807) is 24.3 Å². The molecular formula is C23H23N5O. The molecule has 0 spiro atoms. The standard InChI is InChI=1S/C23H23N5O/c1-17-22(18(2)28(25-17)21-9-4-3-5-10-21)26-11-13-27(14-12-26)23(29)20-8-6-7-19(15-20)16-24/h3-10,15H,11-14H2,1-2H3. The van der Waals surface area contributed by atoms with Gasteiger partial charge < -0.3 is 9.80 Å². The lowest BCUT2D eigenvalue weighted by Crippen LogP contribution is -2.49. The molecule has 0 radical (unpaired) electrons. The van der Waals surface area contributed by atoms with Gasteiger partial charge in [-0.25, -0.2) is 4.68 Å². The highest BCUT2D eigenvalue weighted by atomic mass is 16.2. The molecule has 1 saturated heterocycles. The number of anilines is 1. The number of piperazine rings is 1. The number of aryl methyl sites for hydroxylation is 1. The van der Waals surface area contributed by atoms with Crippen LogP contribution in [0.4, 0.5) is 5.69 Å². The molecule has 0 atom stereocenters. The molecule has 4 rings (SSSR count). The van der Waals surface area contributed by atoms with Crippen LogP contribution in [-0.2, 0) is 0 Å². The molecular weight excluding hydrogens is 362 g/mol. The van der Waals surface area contributed by atoms with Crippen molar-refractivity contribution in [3.05, 3.63) is 77.1 Å². The summed E-state index contributed by atoms with van der Waals surface area (Å²) in [5.41, 5.74) is 5.37. The van der Waals surface area contributed by atoms with Gasteiger partial charge in [0.2, 0.25) is 0 Å². The predicted molar refractivity (Wildman–Crippen MR) is 112 cm³/mol. The maximum absolute atomic E-state index is 12.8. The van der Waals surface area contributed by atoms with Crippen molar-refractivity contribution in [2.24, 2.45) is 0 Å². The number of carbonyl (C=O) groups excluding carboxylic acids is 1. The quantitative estimate of drug-likeness (QED) is 0.694. The van der Waals surface area contributed by atoms with Gasteiger partial charge in [0, 0.05) is 31.7 Å². The summed E-state index contributed by atoms with van der Waals surface area (Å²) >= 11 is 0. The van der Waals surface area contributed by atoms with Gasteiger partial charge >= 0.3 is 0 Å². The molecule has 1 aliphatic rings. The molecule has 0 bridgehead atoms. The molecule has 3 aromatic rings. The molecule has 1 aliphatic heterocycles. The van der Waals surface area contributed by atoms with Crippen LogP contribution in [0.5, 0.6) is 0 Å². The maximum atomic E-state index is 12.8. The van der Waals surface area contributed by atoms with Gasteiger partial charge in [0.1, 0.15) is 0 Å². The normalized spacial score (nSPS) is 14.0. The van der Waals surface area contributed by atoms with E-state index in [1.807, 2.05) is 34.7 Å². The summed E-state index contributed by atoms with van der Waals surface area (Å²) in [6, 6.07) is 19.1. The predicted octanol–water partition coefficient (Wildman–Crippen LogP) is 3.32. The maximum Gasteiger partial charge on any atom is 0.254 e. The lowest BCUT2D eigenvalue weighted by atomic mass is 10.1. The fraction of sp³-hybridized carbons (Fsp3) is 0.261. The van der Waals surface area contributed by atoms with Crippen molar-refractivity contribution in [1.29, 1.82) is 5.26 Å². The Morgan fingerprint density at radius 1 is 1.00 bits per heavy atom. The molecule has 1 fully saturated rings.